The molecule has 4 N–H and O–H groups in total. The van der Waals surface area contributed by atoms with Crippen molar-refractivity contribution in [2.75, 3.05) is 54.9 Å². The van der Waals surface area contributed by atoms with Crippen molar-refractivity contribution in [1.82, 2.24) is 0 Å². The Labute approximate surface area is 424 Å². The molecule has 70 heavy (non-hydrogen) atoms. The molecule has 14 nitrogen and oxygen atoms in total. The number of ether oxygens (including phenoxy) is 8. The molecule has 2 aliphatic heterocycles. The SMILES string of the molecule is COc1ccc(CO[C@H]2[C@@H](CO[Si](C(C)C)(C(C)C)C(C)C)O[C@@H](OC)[C@@]2(C)[C@@](C)(O)CO)cc1.COc1ccc(CO[C@H]2[C@@H](CO[Si](C(C)C)(C(C)C)C(C)C)O[C@H](OC)[C@@]2(C)[C@@](C)(O)CO)cc1. The second-order valence-corrected chi connectivity index (χ2v) is 33.3. The van der Waals surface area contributed by atoms with Gasteiger partial charge in [0, 0.05) is 14.2 Å². The van der Waals surface area contributed by atoms with Crippen LogP contribution in [0.1, 0.15) is 122 Å². The summed E-state index contributed by atoms with van der Waals surface area (Å²) in [4.78, 5) is 0. The molecule has 2 saturated heterocycles. The number of hydrogen-bond acceptors (Lipinski definition) is 14. The van der Waals surface area contributed by atoms with E-state index in [0.29, 0.717) is 59.7 Å². The van der Waals surface area contributed by atoms with Crippen LogP contribution in [-0.2, 0) is 50.5 Å². The molecule has 0 unspecified atom stereocenters. The van der Waals surface area contributed by atoms with E-state index in [0.717, 1.165) is 22.6 Å². The van der Waals surface area contributed by atoms with E-state index in [1.165, 1.54) is 0 Å². The molecular weight excluding hydrogens is 929 g/mol. The number of benzene rings is 2. The average molecular weight is 1030 g/mol. The van der Waals surface area contributed by atoms with Crippen LogP contribution in [0.2, 0.25) is 33.2 Å². The van der Waals surface area contributed by atoms with Crippen molar-refractivity contribution < 1.29 is 67.2 Å². The zero-order valence-corrected chi connectivity index (χ0v) is 48.7. The third kappa shape index (κ3) is 12.7. The van der Waals surface area contributed by atoms with Crippen molar-refractivity contribution in [2.45, 2.75) is 205 Å². The maximum atomic E-state index is 11.3. The van der Waals surface area contributed by atoms with E-state index in [1.807, 2.05) is 62.4 Å². The van der Waals surface area contributed by atoms with Crippen LogP contribution in [-0.4, -0.2) is 140 Å². The van der Waals surface area contributed by atoms with Crippen LogP contribution in [0.4, 0.5) is 0 Å². The Hall–Kier alpha value is -2.01. The minimum atomic E-state index is -2.16. The molecule has 2 aromatic carbocycles. The monoisotopic (exact) mass is 1020 g/mol. The summed E-state index contributed by atoms with van der Waals surface area (Å²) in [6.07, 6.45) is -3.63. The maximum Gasteiger partial charge on any atom is 0.200 e. The van der Waals surface area contributed by atoms with E-state index in [1.54, 1.807) is 42.3 Å². The van der Waals surface area contributed by atoms with Crippen molar-refractivity contribution in [3.05, 3.63) is 59.7 Å². The molecule has 0 radical (unpaired) electrons. The van der Waals surface area contributed by atoms with Gasteiger partial charge < -0.3 is 67.2 Å². The van der Waals surface area contributed by atoms with Gasteiger partial charge >= 0.3 is 0 Å². The highest BCUT2D eigenvalue weighted by Crippen LogP contribution is 2.52. The van der Waals surface area contributed by atoms with E-state index >= 15 is 0 Å². The summed E-state index contributed by atoms with van der Waals surface area (Å²) in [7, 11) is 2.05. The minimum Gasteiger partial charge on any atom is -0.497 e. The summed E-state index contributed by atoms with van der Waals surface area (Å²) in [5.74, 6) is 1.54. The van der Waals surface area contributed by atoms with Crippen LogP contribution < -0.4 is 9.47 Å². The van der Waals surface area contributed by atoms with E-state index in [9.17, 15) is 20.4 Å². The fourth-order valence-electron chi connectivity index (χ4n) is 11.9. The van der Waals surface area contributed by atoms with Crippen LogP contribution in [0.25, 0.3) is 0 Å². The van der Waals surface area contributed by atoms with Gasteiger partial charge in [-0.3, -0.25) is 0 Å². The van der Waals surface area contributed by atoms with Gasteiger partial charge in [0.2, 0.25) is 0 Å². The maximum absolute atomic E-state index is 11.3. The van der Waals surface area contributed by atoms with E-state index < -0.39 is 88.9 Å². The molecule has 0 aliphatic carbocycles. The van der Waals surface area contributed by atoms with Gasteiger partial charge in [0.05, 0.1) is 88.1 Å². The molecule has 2 fully saturated rings. The zero-order valence-electron chi connectivity index (χ0n) is 46.7. The molecule has 0 amide bonds. The first-order chi connectivity index (χ1) is 32.6. The predicted octanol–water partition coefficient (Wildman–Crippen LogP) is 9.79. The van der Waals surface area contributed by atoms with Gasteiger partial charge in [-0.1, -0.05) is 107 Å². The Morgan fingerprint density at radius 3 is 1.00 bits per heavy atom. The fraction of sp³-hybridized carbons (Fsp3) is 0.778. The summed E-state index contributed by atoms with van der Waals surface area (Å²) < 4.78 is 61.3. The molecule has 0 saturated carbocycles. The third-order valence-corrected chi connectivity index (χ3v) is 28.5. The first-order valence-corrected chi connectivity index (χ1v) is 29.7. The van der Waals surface area contributed by atoms with Crippen LogP contribution in [0.5, 0.6) is 11.5 Å². The molecule has 10 atom stereocenters. The average Bonchev–Trinajstić information content (AvgIpc) is 3.77. The van der Waals surface area contributed by atoms with Gasteiger partial charge in [-0.2, -0.15) is 0 Å². The van der Waals surface area contributed by atoms with Crippen LogP contribution in [0.15, 0.2) is 48.5 Å². The molecule has 2 aliphatic rings. The van der Waals surface area contributed by atoms with Crippen molar-refractivity contribution >= 4 is 16.6 Å². The highest BCUT2D eigenvalue weighted by atomic mass is 28.4. The second-order valence-electron chi connectivity index (χ2n) is 22.3. The highest BCUT2D eigenvalue weighted by molar-refractivity contribution is 6.78. The Balaban J connectivity index is 0.000000370. The zero-order chi connectivity index (χ0) is 53.2. The van der Waals surface area contributed by atoms with Gasteiger partial charge in [0.15, 0.2) is 29.2 Å². The quantitative estimate of drug-likeness (QED) is 0.0656. The second kappa shape index (κ2) is 26.0. The number of aliphatic hydroxyl groups is 4. The summed E-state index contributed by atoms with van der Waals surface area (Å²) >= 11 is 0. The summed E-state index contributed by atoms with van der Waals surface area (Å²) in [5, 5.41) is 42.8. The molecule has 0 spiro atoms. The standard InChI is InChI=1S/2C27H48O7Si/c2*1-18(2)35(19(3)4,20(5)6)33-16-23-24(32-15-21-11-13-22(30-9)14-12-21)27(8,25(31-10)34-23)26(7,29)17-28/h2*11-14,18-20,23-25,28-29H,15-17H2,1-10H3/t23-,24+,25+,26+,27+;23-,24+,25-,26+,27+/m11/s1. The lowest BCUT2D eigenvalue weighted by molar-refractivity contribution is -0.224. The van der Waals surface area contributed by atoms with Gasteiger partial charge in [0.1, 0.15) is 23.7 Å². The normalized spacial score (nSPS) is 27.1. The van der Waals surface area contributed by atoms with Crippen molar-refractivity contribution in [1.29, 1.82) is 0 Å². The summed E-state index contributed by atoms with van der Waals surface area (Å²) in [6.45, 7) is 34.3. The summed E-state index contributed by atoms with van der Waals surface area (Å²) in [6, 6.07) is 15.3. The number of hydrogen-bond donors (Lipinski definition) is 4. The van der Waals surface area contributed by atoms with Gasteiger partial charge in [-0.25, -0.2) is 0 Å². The number of methoxy groups -OCH3 is 4. The number of aliphatic hydroxyl groups excluding tert-OH is 2. The first kappa shape index (κ1) is 62.3. The molecule has 0 bridgehead atoms. The molecule has 2 heterocycles. The Morgan fingerprint density at radius 1 is 0.514 bits per heavy atom. The van der Waals surface area contributed by atoms with Crippen molar-refractivity contribution in [2.24, 2.45) is 10.8 Å². The Bertz CT molecular complexity index is 1650. The van der Waals surface area contributed by atoms with Crippen molar-refractivity contribution in [3.63, 3.8) is 0 Å². The lowest BCUT2D eigenvalue weighted by Crippen LogP contribution is -2.59. The van der Waals surface area contributed by atoms with E-state index in [4.69, 9.17) is 46.7 Å². The fourth-order valence-corrected chi connectivity index (χ4v) is 22.8. The molecule has 404 valence electrons. The molecule has 16 heteroatoms. The highest BCUT2D eigenvalue weighted by Gasteiger charge is 2.65. The third-order valence-electron chi connectivity index (χ3n) is 16.4. The van der Waals surface area contributed by atoms with Crippen LogP contribution in [0, 0.1) is 10.8 Å². The Kier molecular flexibility index (Phi) is 23.1. The van der Waals surface area contributed by atoms with Crippen LogP contribution in [0.3, 0.4) is 0 Å². The number of rotatable bonds is 26. The molecule has 0 aromatic heterocycles. The first-order valence-electron chi connectivity index (χ1n) is 25.4. The predicted molar refractivity (Wildman–Crippen MR) is 280 cm³/mol. The summed E-state index contributed by atoms with van der Waals surface area (Å²) in [5.41, 5.74) is -0.601. The van der Waals surface area contributed by atoms with Gasteiger partial charge in [-0.05, 0) is 96.3 Å². The minimum absolute atomic E-state index is 0.309. The van der Waals surface area contributed by atoms with E-state index in [2.05, 4.69) is 83.1 Å². The van der Waals surface area contributed by atoms with Crippen molar-refractivity contribution in [3.8, 4) is 11.5 Å². The largest absolute Gasteiger partial charge is 0.497 e. The smallest absolute Gasteiger partial charge is 0.200 e. The van der Waals surface area contributed by atoms with E-state index in [-0.39, 0.29) is 0 Å². The molecule has 4 rings (SSSR count). The molecular formula is C54H96O14Si2. The topological polar surface area (TPSA) is 173 Å². The van der Waals surface area contributed by atoms with Gasteiger partial charge in [0.25, 0.3) is 0 Å². The van der Waals surface area contributed by atoms with Gasteiger partial charge in [-0.15, -0.1) is 0 Å². The van der Waals surface area contributed by atoms with Crippen LogP contribution >= 0.6 is 0 Å². The lowest BCUT2D eigenvalue weighted by atomic mass is 9.70. The lowest BCUT2D eigenvalue weighted by Gasteiger charge is -2.45. The molecule has 2 aromatic rings. The Morgan fingerprint density at radius 2 is 0.786 bits per heavy atom.